The molecule has 0 aliphatic heterocycles. The molecule has 1 amide bonds. The zero-order chi connectivity index (χ0) is 15.2. The number of amides is 1. The number of nitriles is 1. The molecule has 0 fully saturated rings. The third kappa shape index (κ3) is 4.29. The number of carbonyl (C=O) groups excluding carboxylic acids is 1. The molecule has 1 unspecified atom stereocenters. The van der Waals surface area contributed by atoms with Crippen LogP contribution in [0.3, 0.4) is 0 Å². The van der Waals surface area contributed by atoms with Gasteiger partial charge in [0.1, 0.15) is 5.75 Å². The number of benzene rings is 1. The van der Waals surface area contributed by atoms with Crippen molar-refractivity contribution in [1.82, 2.24) is 10.3 Å². The number of aromatic nitrogens is 1. The van der Waals surface area contributed by atoms with Crippen LogP contribution >= 0.6 is 11.3 Å². The summed E-state index contributed by atoms with van der Waals surface area (Å²) in [6.45, 7) is 4.06. The Balaban J connectivity index is 1.85. The first-order valence-electron chi connectivity index (χ1n) is 6.44. The minimum Gasteiger partial charge on any atom is -0.481 e. The highest BCUT2D eigenvalue weighted by molar-refractivity contribution is 7.11. The molecule has 6 heteroatoms. The summed E-state index contributed by atoms with van der Waals surface area (Å²) >= 11 is 1.55. The second-order valence-electron chi connectivity index (χ2n) is 4.46. The molecule has 0 radical (unpaired) electrons. The molecular weight excluding hydrogens is 286 g/mol. The normalized spacial score (nSPS) is 11.5. The molecule has 2 rings (SSSR count). The third-order valence-corrected chi connectivity index (χ3v) is 3.68. The highest BCUT2D eigenvalue weighted by Crippen LogP contribution is 2.14. The van der Waals surface area contributed by atoms with Crippen LogP contribution in [-0.4, -0.2) is 17.0 Å². The zero-order valence-electron chi connectivity index (χ0n) is 11.8. The number of rotatable bonds is 5. The summed E-state index contributed by atoms with van der Waals surface area (Å²) in [5.41, 5.74) is 0.556. The summed E-state index contributed by atoms with van der Waals surface area (Å²) in [7, 11) is 0. The van der Waals surface area contributed by atoms with Gasteiger partial charge in [-0.15, -0.1) is 11.3 Å². The highest BCUT2D eigenvalue weighted by atomic mass is 32.1. The maximum absolute atomic E-state index is 11.9. The van der Waals surface area contributed by atoms with E-state index in [1.54, 1.807) is 48.7 Å². The number of nitrogens with zero attached hydrogens (tertiary/aromatic N) is 2. The lowest BCUT2D eigenvalue weighted by Gasteiger charge is -2.14. The van der Waals surface area contributed by atoms with E-state index in [9.17, 15) is 4.79 Å². The summed E-state index contributed by atoms with van der Waals surface area (Å²) in [5, 5.41) is 12.5. The Morgan fingerprint density at radius 3 is 2.76 bits per heavy atom. The average molecular weight is 301 g/mol. The number of aryl methyl sites for hydroxylation is 1. The lowest BCUT2D eigenvalue weighted by Crippen LogP contribution is -2.35. The van der Waals surface area contributed by atoms with Crippen LogP contribution in [0.5, 0.6) is 5.75 Å². The van der Waals surface area contributed by atoms with E-state index in [0.717, 1.165) is 9.88 Å². The van der Waals surface area contributed by atoms with Crippen LogP contribution < -0.4 is 10.1 Å². The van der Waals surface area contributed by atoms with Gasteiger partial charge in [-0.25, -0.2) is 4.98 Å². The first-order valence-corrected chi connectivity index (χ1v) is 7.26. The van der Waals surface area contributed by atoms with Crippen molar-refractivity contribution in [2.45, 2.75) is 26.5 Å². The van der Waals surface area contributed by atoms with Gasteiger partial charge in [-0.05, 0) is 38.1 Å². The van der Waals surface area contributed by atoms with E-state index in [4.69, 9.17) is 10.00 Å². The van der Waals surface area contributed by atoms with Crippen LogP contribution in [0, 0.1) is 18.3 Å². The molecule has 0 bridgehead atoms. The Kier molecular flexibility index (Phi) is 4.90. The van der Waals surface area contributed by atoms with Crippen LogP contribution in [0.15, 0.2) is 30.5 Å². The van der Waals surface area contributed by atoms with Gasteiger partial charge in [0.25, 0.3) is 5.91 Å². The van der Waals surface area contributed by atoms with Gasteiger partial charge in [-0.2, -0.15) is 5.26 Å². The Hall–Kier alpha value is -2.39. The second kappa shape index (κ2) is 6.86. The smallest absolute Gasteiger partial charge is 0.261 e. The number of carbonyl (C=O) groups is 1. The second-order valence-corrected chi connectivity index (χ2v) is 5.78. The van der Waals surface area contributed by atoms with E-state index in [1.807, 2.05) is 13.0 Å². The molecule has 1 N–H and O–H groups in total. The fourth-order valence-corrected chi connectivity index (χ4v) is 2.41. The predicted molar refractivity (Wildman–Crippen MR) is 79.9 cm³/mol. The van der Waals surface area contributed by atoms with Crippen LogP contribution in [0.25, 0.3) is 0 Å². The van der Waals surface area contributed by atoms with Crippen molar-refractivity contribution in [2.75, 3.05) is 0 Å². The van der Waals surface area contributed by atoms with Gasteiger partial charge in [-0.1, -0.05) is 0 Å². The summed E-state index contributed by atoms with van der Waals surface area (Å²) < 4.78 is 5.54. The quantitative estimate of drug-likeness (QED) is 0.920. The molecule has 1 atom stereocenters. The van der Waals surface area contributed by atoms with E-state index in [2.05, 4.69) is 10.3 Å². The fourth-order valence-electron chi connectivity index (χ4n) is 1.67. The predicted octanol–water partition coefficient (Wildman–Crippen LogP) is 2.41. The number of nitrogens with one attached hydrogen (secondary N) is 1. The minimum atomic E-state index is -0.605. The zero-order valence-corrected chi connectivity index (χ0v) is 12.6. The summed E-state index contributed by atoms with van der Waals surface area (Å²) in [6, 6.07) is 8.69. The number of hydrogen-bond acceptors (Lipinski definition) is 5. The molecule has 2 aromatic rings. The van der Waals surface area contributed by atoms with Crippen molar-refractivity contribution >= 4 is 17.2 Å². The Bertz CT molecular complexity index is 658. The SMILES string of the molecule is Cc1ncc(CNC(=O)C(C)Oc2ccc(C#N)cc2)s1. The molecule has 0 aliphatic carbocycles. The molecule has 0 saturated carbocycles. The maximum Gasteiger partial charge on any atom is 0.261 e. The Morgan fingerprint density at radius 2 is 2.19 bits per heavy atom. The van der Waals surface area contributed by atoms with E-state index < -0.39 is 6.10 Å². The number of thiazole rings is 1. The molecule has 1 aromatic heterocycles. The van der Waals surface area contributed by atoms with E-state index >= 15 is 0 Å². The highest BCUT2D eigenvalue weighted by Gasteiger charge is 2.14. The van der Waals surface area contributed by atoms with Gasteiger partial charge in [0.2, 0.25) is 0 Å². The van der Waals surface area contributed by atoms with Crippen molar-refractivity contribution in [3.8, 4) is 11.8 Å². The Morgan fingerprint density at radius 1 is 1.48 bits per heavy atom. The molecule has 0 aliphatic rings. The molecule has 1 aromatic carbocycles. The third-order valence-electron chi connectivity index (χ3n) is 2.77. The van der Waals surface area contributed by atoms with Crippen LogP contribution in [0.2, 0.25) is 0 Å². The van der Waals surface area contributed by atoms with Gasteiger partial charge >= 0.3 is 0 Å². The summed E-state index contributed by atoms with van der Waals surface area (Å²) in [4.78, 5) is 17.1. The van der Waals surface area contributed by atoms with Gasteiger partial charge in [0.05, 0.1) is 23.2 Å². The molecule has 21 heavy (non-hydrogen) atoms. The molecule has 1 heterocycles. The van der Waals surface area contributed by atoms with Gasteiger partial charge in [-0.3, -0.25) is 4.79 Å². The monoisotopic (exact) mass is 301 g/mol. The first kappa shape index (κ1) is 15.0. The van der Waals surface area contributed by atoms with E-state index in [1.165, 1.54) is 0 Å². The lowest BCUT2D eigenvalue weighted by atomic mass is 10.2. The largest absolute Gasteiger partial charge is 0.481 e. The molecule has 0 spiro atoms. The topological polar surface area (TPSA) is 75.0 Å². The average Bonchev–Trinajstić information content (AvgIpc) is 2.91. The molecular formula is C15H15N3O2S. The van der Waals surface area contributed by atoms with E-state index in [-0.39, 0.29) is 5.91 Å². The van der Waals surface area contributed by atoms with E-state index in [0.29, 0.717) is 17.9 Å². The summed E-state index contributed by atoms with van der Waals surface area (Å²) in [6.07, 6.45) is 1.15. The lowest BCUT2D eigenvalue weighted by molar-refractivity contribution is -0.127. The van der Waals surface area contributed by atoms with Gasteiger partial charge in [0.15, 0.2) is 6.10 Å². The molecule has 108 valence electrons. The maximum atomic E-state index is 11.9. The van der Waals surface area contributed by atoms with Crippen LogP contribution in [-0.2, 0) is 11.3 Å². The standard InChI is InChI=1S/C15H15N3O2S/c1-10(20-13-5-3-12(7-16)4-6-13)15(19)18-9-14-8-17-11(2)21-14/h3-6,8,10H,9H2,1-2H3,(H,18,19). The number of ether oxygens (including phenoxy) is 1. The summed E-state index contributed by atoms with van der Waals surface area (Å²) in [5.74, 6) is 0.371. The minimum absolute atomic E-state index is 0.189. The van der Waals surface area contributed by atoms with Crippen LogP contribution in [0.1, 0.15) is 22.4 Å². The number of hydrogen-bond donors (Lipinski definition) is 1. The molecule has 0 saturated heterocycles. The van der Waals surface area contributed by atoms with Crippen molar-refractivity contribution in [3.63, 3.8) is 0 Å². The van der Waals surface area contributed by atoms with Crippen molar-refractivity contribution in [3.05, 3.63) is 45.9 Å². The van der Waals surface area contributed by atoms with Crippen molar-refractivity contribution in [2.24, 2.45) is 0 Å². The fraction of sp³-hybridized carbons (Fsp3) is 0.267. The van der Waals surface area contributed by atoms with Gasteiger partial charge in [0, 0.05) is 11.1 Å². The van der Waals surface area contributed by atoms with Crippen molar-refractivity contribution < 1.29 is 9.53 Å². The first-order chi connectivity index (χ1) is 10.1. The van der Waals surface area contributed by atoms with Crippen molar-refractivity contribution in [1.29, 1.82) is 5.26 Å². The van der Waals surface area contributed by atoms with Crippen LogP contribution in [0.4, 0.5) is 0 Å². The molecule has 5 nitrogen and oxygen atoms in total. The van der Waals surface area contributed by atoms with Gasteiger partial charge < -0.3 is 10.1 Å². The Labute approximate surface area is 127 Å².